The Kier molecular flexibility index (Phi) is 3.65. The van der Waals surface area contributed by atoms with E-state index in [0.717, 1.165) is 0 Å². The van der Waals surface area contributed by atoms with E-state index in [1.54, 1.807) is 0 Å². The fourth-order valence-electron chi connectivity index (χ4n) is 0.828. The first kappa shape index (κ1) is 11.6. The van der Waals surface area contributed by atoms with Crippen LogP contribution in [0.4, 0.5) is 0 Å². The molecule has 0 saturated carbocycles. The number of thiocarbonyl (C=S) groups is 1. The van der Waals surface area contributed by atoms with E-state index in [0.29, 0.717) is 15.5 Å². The lowest BCUT2D eigenvalue weighted by atomic mass is 10.5. The number of hydrogen-bond acceptors (Lipinski definition) is 5. The largest absolute Gasteiger partial charge is 0.293 e. The third kappa shape index (κ3) is 3.37. The lowest BCUT2D eigenvalue weighted by molar-refractivity contribution is -0.123. The Morgan fingerprint density at radius 3 is 2.71 bits per heavy atom. The molecule has 1 aliphatic rings. The second-order valence-corrected chi connectivity index (χ2v) is 5.36. The van der Waals surface area contributed by atoms with Gasteiger partial charge in [0.05, 0.1) is 11.2 Å². The summed E-state index contributed by atoms with van der Waals surface area (Å²) < 4.78 is 29.4. The molecule has 8 heteroatoms. The number of nitrogens with zero attached hydrogens (tertiary/aromatic N) is 1. The summed E-state index contributed by atoms with van der Waals surface area (Å²) in [5, 5.41) is 0.631. The van der Waals surface area contributed by atoms with Crippen molar-refractivity contribution in [3.05, 3.63) is 11.5 Å². The number of rotatable bonds is 3. The minimum absolute atomic E-state index is 0.0739. The maximum atomic E-state index is 11.1. The SMILES string of the molecule is O=C1CSC(=S)N1C/C=C/S(=O)(=O)O. The van der Waals surface area contributed by atoms with Gasteiger partial charge in [-0.1, -0.05) is 30.1 Å². The Balaban J connectivity index is 2.58. The third-order valence-electron chi connectivity index (χ3n) is 1.40. The number of carbonyl (C=O) groups is 1. The Morgan fingerprint density at radius 1 is 1.64 bits per heavy atom. The molecule has 1 rings (SSSR count). The van der Waals surface area contributed by atoms with E-state index in [4.69, 9.17) is 16.8 Å². The molecular weight excluding hydrogens is 246 g/mol. The van der Waals surface area contributed by atoms with Crippen LogP contribution < -0.4 is 0 Å². The average molecular weight is 253 g/mol. The van der Waals surface area contributed by atoms with Gasteiger partial charge < -0.3 is 0 Å². The van der Waals surface area contributed by atoms with Crippen molar-refractivity contribution in [1.82, 2.24) is 4.90 Å². The topological polar surface area (TPSA) is 74.7 Å². The third-order valence-corrected chi connectivity index (χ3v) is 3.37. The molecule has 0 spiro atoms. The molecule has 1 N–H and O–H groups in total. The fraction of sp³-hybridized carbons (Fsp3) is 0.333. The van der Waals surface area contributed by atoms with Gasteiger partial charge in [-0.2, -0.15) is 8.42 Å². The molecule has 78 valence electrons. The van der Waals surface area contributed by atoms with Crippen molar-refractivity contribution in [3.63, 3.8) is 0 Å². The minimum Gasteiger partial charge on any atom is -0.293 e. The van der Waals surface area contributed by atoms with Crippen LogP contribution in [-0.4, -0.2) is 40.4 Å². The molecule has 1 fully saturated rings. The van der Waals surface area contributed by atoms with Crippen LogP contribution in [0.15, 0.2) is 11.5 Å². The molecule has 0 aromatic rings. The summed E-state index contributed by atoms with van der Waals surface area (Å²) in [5.74, 6) is 0.137. The highest BCUT2D eigenvalue weighted by atomic mass is 32.2. The maximum Gasteiger partial charge on any atom is 0.287 e. The van der Waals surface area contributed by atoms with Gasteiger partial charge in [-0.25, -0.2) is 0 Å². The van der Waals surface area contributed by atoms with Gasteiger partial charge in [0.15, 0.2) is 0 Å². The van der Waals surface area contributed by atoms with Gasteiger partial charge in [-0.3, -0.25) is 14.2 Å². The lowest BCUT2D eigenvalue weighted by Crippen LogP contribution is -2.28. The van der Waals surface area contributed by atoms with Gasteiger partial charge in [-0.05, 0) is 0 Å². The standard InChI is InChI=1S/C6H7NO4S3/c8-5-4-13-6(12)7(5)2-1-3-14(9,10)11/h1,3H,2,4H2,(H,9,10,11)/b3-1+. The van der Waals surface area contributed by atoms with Crippen LogP contribution in [0.25, 0.3) is 0 Å². The van der Waals surface area contributed by atoms with Gasteiger partial charge in [-0.15, -0.1) is 0 Å². The van der Waals surface area contributed by atoms with Crippen LogP contribution in [0, 0.1) is 0 Å². The Morgan fingerprint density at radius 2 is 2.29 bits per heavy atom. The van der Waals surface area contributed by atoms with Crippen molar-refractivity contribution in [2.45, 2.75) is 0 Å². The normalized spacial score (nSPS) is 18.5. The highest BCUT2D eigenvalue weighted by Gasteiger charge is 2.25. The number of hydrogen-bond donors (Lipinski definition) is 1. The molecule has 14 heavy (non-hydrogen) atoms. The van der Waals surface area contributed by atoms with E-state index >= 15 is 0 Å². The van der Waals surface area contributed by atoms with E-state index in [1.807, 2.05) is 0 Å². The van der Waals surface area contributed by atoms with E-state index in [9.17, 15) is 13.2 Å². The summed E-state index contributed by atoms with van der Waals surface area (Å²) in [6.07, 6.45) is 1.17. The predicted octanol–water partition coefficient (Wildman–Crippen LogP) is 0.248. The van der Waals surface area contributed by atoms with Gasteiger partial charge >= 0.3 is 0 Å². The minimum atomic E-state index is -4.12. The Labute approximate surface area is 90.9 Å². The van der Waals surface area contributed by atoms with Gasteiger partial charge in [0, 0.05) is 6.54 Å². The lowest BCUT2D eigenvalue weighted by Gasteiger charge is -2.10. The number of thioether (sulfide) groups is 1. The zero-order valence-electron chi connectivity index (χ0n) is 6.91. The summed E-state index contributed by atoms with van der Waals surface area (Å²) in [6.45, 7) is 0.0739. The first-order valence-corrected chi connectivity index (χ1v) is 6.41. The number of amides is 1. The van der Waals surface area contributed by atoms with E-state index in [-0.39, 0.29) is 12.5 Å². The van der Waals surface area contributed by atoms with Crippen molar-refractivity contribution >= 4 is 44.3 Å². The Bertz CT molecular complexity index is 370. The van der Waals surface area contributed by atoms with Crippen molar-refractivity contribution in [2.75, 3.05) is 12.3 Å². The monoisotopic (exact) mass is 253 g/mol. The molecule has 0 unspecified atom stereocenters. The van der Waals surface area contributed by atoms with Crippen LogP contribution in [0.1, 0.15) is 0 Å². The second-order valence-electron chi connectivity index (χ2n) is 2.45. The van der Waals surface area contributed by atoms with Crippen molar-refractivity contribution in [3.8, 4) is 0 Å². The second kappa shape index (κ2) is 4.39. The Hall–Kier alpha value is -0.440. The molecular formula is C6H7NO4S3. The first-order valence-electron chi connectivity index (χ1n) is 3.51. The van der Waals surface area contributed by atoms with Crippen LogP contribution in [0.3, 0.4) is 0 Å². The molecule has 1 saturated heterocycles. The maximum absolute atomic E-state index is 11.1. The molecule has 5 nitrogen and oxygen atoms in total. The average Bonchev–Trinajstić information content (AvgIpc) is 2.33. The van der Waals surface area contributed by atoms with Crippen molar-refractivity contribution in [1.29, 1.82) is 0 Å². The van der Waals surface area contributed by atoms with E-state index in [1.165, 1.54) is 22.7 Å². The summed E-state index contributed by atoms with van der Waals surface area (Å²) in [5.41, 5.74) is 0. The molecule has 0 atom stereocenters. The van der Waals surface area contributed by atoms with Crippen LogP contribution in [-0.2, 0) is 14.9 Å². The fourth-order valence-corrected chi connectivity index (χ4v) is 2.24. The molecule has 0 aliphatic carbocycles. The molecule has 0 aromatic heterocycles. The summed E-state index contributed by atoms with van der Waals surface area (Å²) in [4.78, 5) is 12.4. The molecule has 0 bridgehead atoms. The predicted molar refractivity (Wildman–Crippen MR) is 57.5 cm³/mol. The summed E-state index contributed by atoms with van der Waals surface area (Å²) in [7, 11) is -4.12. The van der Waals surface area contributed by atoms with Crippen LogP contribution >= 0.6 is 24.0 Å². The van der Waals surface area contributed by atoms with Crippen LogP contribution in [0.5, 0.6) is 0 Å². The highest BCUT2D eigenvalue weighted by Crippen LogP contribution is 2.18. The quantitative estimate of drug-likeness (QED) is 0.574. The summed E-state index contributed by atoms with van der Waals surface area (Å²) in [6, 6.07) is 0. The van der Waals surface area contributed by atoms with Crippen molar-refractivity contribution in [2.24, 2.45) is 0 Å². The molecule has 0 radical (unpaired) electrons. The molecule has 1 aliphatic heterocycles. The van der Waals surface area contributed by atoms with Gasteiger partial charge in [0.2, 0.25) is 5.91 Å². The highest BCUT2D eigenvalue weighted by molar-refractivity contribution is 8.23. The smallest absolute Gasteiger partial charge is 0.287 e. The molecule has 1 amide bonds. The first-order chi connectivity index (χ1) is 6.40. The van der Waals surface area contributed by atoms with E-state index < -0.39 is 10.1 Å². The molecule has 0 aromatic carbocycles. The van der Waals surface area contributed by atoms with Gasteiger partial charge in [0.25, 0.3) is 10.1 Å². The van der Waals surface area contributed by atoms with Gasteiger partial charge in [0.1, 0.15) is 4.32 Å². The summed E-state index contributed by atoms with van der Waals surface area (Å²) >= 11 is 6.08. The van der Waals surface area contributed by atoms with Crippen LogP contribution in [0.2, 0.25) is 0 Å². The number of carbonyl (C=O) groups excluding carboxylic acids is 1. The zero-order chi connectivity index (χ0) is 10.8. The zero-order valence-corrected chi connectivity index (χ0v) is 9.36. The van der Waals surface area contributed by atoms with E-state index in [2.05, 4.69) is 0 Å². The van der Waals surface area contributed by atoms with Crippen molar-refractivity contribution < 1.29 is 17.8 Å². The molecule has 1 heterocycles.